The third-order valence-electron chi connectivity index (χ3n) is 4.69. The summed E-state index contributed by atoms with van der Waals surface area (Å²) in [5.41, 5.74) is 10.0. The van der Waals surface area contributed by atoms with Crippen LogP contribution in [0.4, 0.5) is 0 Å². The van der Waals surface area contributed by atoms with Gasteiger partial charge in [-0.05, 0) is 50.7 Å². The summed E-state index contributed by atoms with van der Waals surface area (Å²) in [5.74, 6) is 0.574. The van der Waals surface area contributed by atoms with Crippen LogP contribution in [0.5, 0.6) is 0 Å². The molecule has 1 aromatic carbocycles. The van der Waals surface area contributed by atoms with Crippen LogP contribution in [0.3, 0.4) is 0 Å². The zero-order valence-corrected chi connectivity index (χ0v) is 13.5. The molecule has 0 aromatic heterocycles. The molecule has 1 aliphatic carbocycles. The second-order valence-electron chi connectivity index (χ2n) is 6.49. The van der Waals surface area contributed by atoms with Crippen LogP contribution < -0.4 is 11.1 Å². The van der Waals surface area contributed by atoms with Crippen molar-refractivity contribution < 1.29 is 4.79 Å². The van der Waals surface area contributed by atoms with E-state index in [1.807, 2.05) is 13.8 Å². The zero-order valence-electron chi connectivity index (χ0n) is 13.5. The molecule has 21 heavy (non-hydrogen) atoms. The minimum atomic E-state index is 0.0334. The number of benzene rings is 1. The molecule has 0 aliphatic heterocycles. The lowest BCUT2D eigenvalue weighted by Gasteiger charge is -2.30. The highest BCUT2D eigenvalue weighted by Crippen LogP contribution is 2.26. The fourth-order valence-corrected chi connectivity index (χ4v) is 3.68. The van der Waals surface area contributed by atoms with E-state index in [4.69, 9.17) is 5.73 Å². The maximum atomic E-state index is 12.6. The van der Waals surface area contributed by atoms with Crippen LogP contribution in [0.15, 0.2) is 12.1 Å². The summed E-state index contributed by atoms with van der Waals surface area (Å²) in [5, 5.41) is 3.19. The lowest BCUT2D eigenvalue weighted by molar-refractivity contribution is 0.0914. The van der Waals surface area contributed by atoms with E-state index in [0.29, 0.717) is 12.5 Å². The molecule has 0 bridgehead atoms. The molecule has 1 unspecified atom stereocenters. The quantitative estimate of drug-likeness (QED) is 0.893. The van der Waals surface area contributed by atoms with Gasteiger partial charge >= 0.3 is 0 Å². The Morgan fingerprint density at radius 2 is 1.76 bits per heavy atom. The minimum Gasteiger partial charge on any atom is -0.348 e. The molecule has 0 radical (unpaired) electrons. The van der Waals surface area contributed by atoms with E-state index in [-0.39, 0.29) is 11.9 Å². The van der Waals surface area contributed by atoms with Gasteiger partial charge in [-0.1, -0.05) is 37.0 Å². The average Bonchev–Trinajstić information content (AvgIpc) is 2.44. The van der Waals surface area contributed by atoms with Gasteiger partial charge in [-0.15, -0.1) is 0 Å². The minimum absolute atomic E-state index is 0.0334. The van der Waals surface area contributed by atoms with Crippen molar-refractivity contribution in [2.45, 2.75) is 58.9 Å². The SMILES string of the molecule is Cc1cc(C)c(C(=O)NC(CN)C2CCCCC2)c(C)c1. The number of nitrogens with two attached hydrogens (primary N) is 1. The Balaban J connectivity index is 2.12. The molecule has 1 aliphatic rings. The van der Waals surface area contributed by atoms with Crippen LogP contribution in [0.25, 0.3) is 0 Å². The number of rotatable bonds is 4. The summed E-state index contributed by atoms with van der Waals surface area (Å²) >= 11 is 0. The molecule has 1 fully saturated rings. The van der Waals surface area contributed by atoms with E-state index in [9.17, 15) is 4.79 Å². The van der Waals surface area contributed by atoms with E-state index in [1.165, 1.54) is 37.7 Å². The first-order valence-corrected chi connectivity index (χ1v) is 8.11. The maximum absolute atomic E-state index is 12.6. The fourth-order valence-electron chi connectivity index (χ4n) is 3.68. The molecular formula is C18H28N2O. The van der Waals surface area contributed by atoms with Gasteiger partial charge in [0.25, 0.3) is 5.91 Å². The van der Waals surface area contributed by atoms with Gasteiger partial charge in [0.15, 0.2) is 0 Å². The van der Waals surface area contributed by atoms with Crippen molar-refractivity contribution in [2.24, 2.45) is 11.7 Å². The Morgan fingerprint density at radius 3 is 2.29 bits per heavy atom. The number of aryl methyl sites for hydroxylation is 3. The largest absolute Gasteiger partial charge is 0.348 e. The molecule has 2 rings (SSSR count). The predicted octanol–water partition coefficient (Wildman–Crippen LogP) is 3.25. The van der Waals surface area contributed by atoms with Crippen molar-refractivity contribution in [2.75, 3.05) is 6.54 Å². The Labute approximate surface area is 128 Å². The highest BCUT2D eigenvalue weighted by Gasteiger charge is 2.25. The van der Waals surface area contributed by atoms with Crippen LogP contribution >= 0.6 is 0 Å². The molecule has 1 aromatic rings. The normalized spacial score (nSPS) is 17.5. The number of amides is 1. The van der Waals surface area contributed by atoms with E-state index in [2.05, 4.69) is 24.4 Å². The van der Waals surface area contributed by atoms with Crippen molar-refractivity contribution in [1.29, 1.82) is 0 Å². The Hall–Kier alpha value is -1.35. The molecule has 1 saturated carbocycles. The van der Waals surface area contributed by atoms with Crippen LogP contribution in [0.2, 0.25) is 0 Å². The lowest BCUT2D eigenvalue weighted by Crippen LogP contribution is -2.46. The van der Waals surface area contributed by atoms with E-state index < -0.39 is 0 Å². The van der Waals surface area contributed by atoms with Gasteiger partial charge < -0.3 is 11.1 Å². The van der Waals surface area contributed by atoms with Gasteiger partial charge in [0.1, 0.15) is 0 Å². The Bertz CT molecular complexity index is 481. The summed E-state index contributed by atoms with van der Waals surface area (Å²) in [4.78, 5) is 12.6. The van der Waals surface area contributed by atoms with Crippen LogP contribution in [-0.2, 0) is 0 Å². The lowest BCUT2D eigenvalue weighted by atomic mass is 9.83. The van der Waals surface area contributed by atoms with Gasteiger partial charge in [0.2, 0.25) is 0 Å². The molecule has 3 heteroatoms. The van der Waals surface area contributed by atoms with Crippen molar-refractivity contribution >= 4 is 5.91 Å². The first-order valence-electron chi connectivity index (χ1n) is 8.11. The summed E-state index contributed by atoms with van der Waals surface area (Å²) in [7, 11) is 0. The Kier molecular flexibility index (Phi) is 5.40. The smallest absolute Gasteiger partial charge is 0.252 e. The maximum Gasteiger partial charge on any atom is 0.252 e. The molecule has 0 saturated heterocycles. The van der Waals surface area contributed by atoms with Gasteiger partial charge in [-0.25, -0.2) is 0 Å². The van der Waals surface area contributed by atoms with Gasteiger partial charge in [-0.3, -0.25) is 4.79 Å². The van der Waals surface area contributed by atoms with Crippen molar-refractivity contribution in [1.82, 2.24) is 5.32 Å². The van der Waals surface area contributed by atoms with E-state index >= 15 is 0 Å². The number of carbonyl (C=O) groups excluding carboxylic acids is 1. The standard InChI is InChI=1S/C18H28N2O/c1-12-9-13(2)17(14(3)10-12)18(21)20-16(11-19)15-7-5-4-6-8-15/h9-10,15-16H,4-8,11,19H2,1-3H3,(H,20,21). The zero-order chi connectivity index (χ0) is 15.4. The third-order valence-corrected chi connectivity index (χ3v) is 4.69. The van der Waals surface area contributed by atoms with Crippen molar-refractivity contribution in [3.8, 4) is 0 Å². The molecule has 116 valence electrons. The molecular weight excluding hydrogens is 260 g/mol. The molecule has 3 nitrogen and oxygen atoms in total. The summed E-state index contributed by atoms with van der Waals surface area (Å²) in [6.07, 6.45) is 6.22. The first kappa shape index (κ1) is 16.0. The second-order valence-corrected chi connectivity index (χ2v) is 6.49. The Morgan fingerprint density at radius 1 is 1.19 bits per heavy atom. The van der Waals surface area contributed by atoms with Gasteiger partial charge in [0.05, 0.1) is 0 Å². The van der Waals surface area contributed by atoms with Crippen molar-refractivity contribution in [3.63, 3.8) is 0 Å². The highest BCUT2D eigenvalue weighted by molar-refractivity contribution is 5.97. The van der Waals surface area contributed by atoms with Gasteiger partial charge in [-0.2, -0.15) is 0 Å². The molecule has 1 atom stereocenters. The summed E-state index contributed by atoms with van der Waals surface area (Å²) in [6.45, 7) is 6.60. The monoisotopic (exact) mass is 288 g/mol. The second kappa shape index (κ2) is 7.08. The topological polar surface area (TPSA) is 55.1 Å². The number of hydrogen-bond donors (Lipinski definition) is 2. The molecule has 0 heterocycles. The molecule has 0 spiro atoms. The van der Waals surface area contributed by atoms with Crippen molar-refractivity contribution in [3.05, 3.63) is 34.4 Å². The average molecular weight is 288 g/mol. The summed E-state index contributed by atoms with van der Waals surface area (Å²) in [6, 6.07) is 4.25. The first-order chi connectivity index (χ1) is 10.0. The molecule has 1 amide bonds. The third kappa shape index (κ3) is 3.85. The number of nitrogens with one attached hydrogen (secondary N) is 1. The number of carbonyl (C=O) groups is 1. The summed E-state index contributed by atoms with van der Waals surface area (Å²) < 4.78 is 0. The van der Waals surface area contributed by atoms with Gasteiger partial charge in [0, 0.05) is 18.2 Å². The number of hydrogen-bond acceptors (Lipinski definition) is 2. The van der Waals surface area contributed by atoms with Crippen LogP contribution in [0, 0.1) is 26.7 Å². The van der Waals surface area contributed by atoms with Crippen LogP contribution in [0.1, 0.15) is 59.2 Å². The molecule has 3 N–H and O–H groups in total. The van der Waals surface area contributed by atoms with Crippen LogP contribution in [-0.4, -0.2) is 18.5 Å². The highest BCUT2D eigenvalue weighted by atomic mass is 16.1. The van der Waals surface area contributed by atoms with E-state index in [1.54, 1.807) is 0 Å². The fraction of sp³-hybridized carbons (Fsp3) is 0.611. The predicted molar refractivity (Wildman–Crippen MR) is 87.5 cm³/mol. The van der Waals surface area contributed by atoms with E-state index in [0.717, 1.165) is 16.7 Å².